The molecule has 0 aromatic carbocycles. The van der Waals surface area contributed by atoms with Crippen molar-refractivity contribution in [2.75, 3.05) is 18.8 Å². The van der Waals surface area contributed by atoms with Crippen LogP contribution in [0.3, 0.4) is 0 Å². The number of thiol groups is 1. The van der Waals surface area contributed by atoms with Gasteiger partial charge in [-0.3, -0.25) is 19.2 Å². The number of carbonyl (C=O) groups is 5. The van der Waals surface area contributed by atoms with Crippen LogP contribution < -0.4 is 21.7 Å². The number of carbonyl (C=O) groups excluding carboxylic acids is 3. The highest BCUT2D eigenvalue weighted by atomic mass is 32.1. The Morgan fingerprint density at radius 1 is 0.917 bits per heavy atom. The van der Waals surface area contributed by atoms with Gasteiger partial charge < -0.3 is 31.9 Å². The SMILES string of the molecule is N[C@@H](CCC(=O)NCC(=O)NCC(=O)N[C@@H](CS)C(=O)O)C(=O)O. The summed E-state index contributed by atoms with van der Waals surface area (Å²) in [6.07, 6.45) is -0.241. The molecule has 0 aromatic heterocycles. The molecule has 0 heterocycles. The van der Waals surface area contributed by atoms with Crippen LogP contribution >= 0.6 is 12.6 Å². The van der Waals surface area contributed by atoms with Crippen LogP contribution in [0.2, 0.25) is 0 Å². The summed E-state index contributed by atoms with van der Waals surface area (Å²) in [5.41, 5.74) is 5.22. The highest BCUT2D eigenvalue weighted by molar-refractivity contribution is 7.80. The minimum atomic E-state index is -1.25. The van der Waals surface area contributed by atoms with E-state index in [9.17, 15) is 24.0 Å². The molecule has 2 atom stereocenters. The van der Waals surface area contributed by atoms with E-state index in [1.54, 1.807) is 0 Å². The van der Waals surface area contributed by atoms with Crippen molar-refractivity contribution in [1.82, 2.24) is 16.0 Å². The number of rotatable bonds is 11. The van der Waals surface area contributed by atoms with Crippen molar-refractivity contribution in [2.24, 2.45) is 5.73 Å². The van der Waals surface area contributed by atoms with Gasteiger partial charge >= 0.3 is 11.9 Å². The van der Waals surface area contributed by atoms with Crippen LogP contribution in [0.1, 0.15) is 12.8 Å². The Morgan fingerprint density at radius 2 is 1.46 bits per heavy atom. The van der Waals surface area contributed by atoms with E-state index >= 15 is 0 Å². The van der Waals surface area contributed by atoms with Gasteiger partial charge in [0.2, 0.25) is 17.7 Å². The van der Waals surface area contributed by atoms with Gasteiger partial charge in [0.05, 0.1) is 13.1 Å². The lowest BCUT2D eigenvalue weighted by atomic mass is 10.1. The van der Waals surface area contributed by atoms with Gasteiger partial charge in [0.25, 0.3) is 0 Å². The fourth-order valence-corrected chi connectivity index (χ4v) is 1.60. The van der Waals surface area contributed by atoms with Crippen LogP contribution in [0.15, 0.2) is 0 Å². The molecule has 12 heteroatoms. The average Bonchev–Trinajstić information content (AvgIpc) is 2.52. The third-order valence-electron chi connectivity index (χ3n) is 2.71. The number of carboxylic acids is 2. The van der Waals surface area contributed by atoms with E-state index < -0.39 is 54.8 Å². The van der Waals surface area contributed by atoms with Crippen LogP contribution in [-0.4, -0.2) is 70.8 Å². The van der Waals surface area contributed by atoms with Gasteiger partial charge in [0.15, 0.2) is 0 Å². The highest BCUT2D eigenvalue weighted by Gasteiger charge is 2.18. The molecule has 0 saturated heterocycles. The molecule has 0 radical (unpaired) electrons. The molecular weight excluding hydrogens is 344 g/mol. The standard InChI is InChI=1S/C12H20N4O7S/c13-6(11(20)21)1-2-8(17)14-3-9(18)15-4-10(19)16-7(5-24)12(22)23/h6-7,24H,1-5,13H2,(H,14,17)(H,15,18)(H,16,19)(H,20,21)(H,22,23)/t6-,7-/m0/s1. The molecule has 7 N–H and O–H groups in total. The quantitative estimate of drug-likeness (QED) is 0.188. The van der Waals surface area contributed by atoms with Crippen molar-refractivity contribution >= 4 is 42.3 Å². The Hall–Kier alpha value is -2.34. The Kier molecular flexibility index (Phi) is 10.1. The van der Waals surface area contributed by atoms with Gasteiger partial charge in [-0.2, -0.15) is 12.6 Å². The smallest absolute Gasteiger partial charge is 0.327 e. The summed E-state index contributed by atoms with van der Waals surface area (Å²) >= 11 is 3.77. The molecule has 0 fully saturated rings. The summed E-state index contributed by atoms with van der Waals surface area (Å²) in [7, 11) is 0. The van der Waals surface area contributed by atoms with E-state index in [0.29, 0.717) is 0 Å². The third kappa shape index (κ3) is 9.63. The minimum absolute atomic E-state index is 0.0779. The molecule has 0 aliphatic heterocycles. The molecular formula is C12H20N4O7S. The maximum Gasteiger partial charge on any atom is 0.327 e. The van der Waals surface area contributed by atoms with Gasteiger partial charge in [0, 0.05) is 12.2 Å². The lowest BCUT2D eigenvalue weighted by molar-refractivity contribution is -0.141. The number of nitrogens with two attached hydrogens (primary N) is 1. The predicted molar refractivity (Wildman–Crippen MR) is 84.3 cm³/mol. The third-order valence-corrected chi connectivity index (χ3v) is 3.07. The van der Waals surface area contributed by atoms with E-state index in [1.165, 1.54) is 0 Å². The van der Waals surface area contributed by atoms with Gasteiger partial charge in [-0.05, 0) is 6.42 Å². The fourth-order valence-electron chi connectivity index (χ4n) is 1.35. The number of hydrogen-bond acceptors (Lipinski definition) is 7. The first-order valence-electron chi connectivity index (χ1n) is 6.82. The number of hydrogen-bond donors (Lipinski definition) is 7. The van der Waals surface area contributed by atoms with Crippen molar-refractivity contribution in [3.05, 3.63) is 0 Å². The van der Waals surface area contributed by atoms with Gasteiger partial charge in [-0.1, -0.05) is 0 Å². The average molecular weight is 364 g/mol. The molecule has 0 aliphatic rings. The topological polar surface area (TPSA) is 188 Å². The molecule has 0 unspecified atom stereocenters. The molecule has 0 aliphatic carbocycles. The largest absolute Gasteiger partial charge is 0.480 e. The monoisotopic (exact) mass is 364 g/mol. The Morgan fingerprint density at radius 3 is 1.96 bits per heavy atom. The summed E-state index contributed by atoms with van der Waals surface area (Å²) in [6, 6.07) is -2.34. The summed E-state index contributed by atoms with van der Waals surface area (Å²) in [5, 5.41) is 23.8. The van der Waals surface area contributed by atoms with E-state index in [0.717, 1.165) is 0 Å². The molecule has 0 saturated carbocycles. The van der Waals surface area contributed by atoms with Gasteiger partial charge in [0.1, 0.15) is 12.1 Å². The summed E-state index contributed by atoms with van der Waals surface area (Å²) < 4.78 is 0. The maximum absolute atomic E-state index is 11.4. The van der Waals surface area contributed by atoms with E-state index in [2.05, 4.69) is 28.6 Å². The second kappa shape index (κ2) is 11.2. The van der Waals surface area contributed by atoms with Gasteiger partial charge in [-0.15, -0.1) is 0 Å². The lowest BCUT2D eigenvalue weighted by Gasteiger charge is -2.12. The van der Waals surface area contributed by atoms with E-state index in [-0.39, 0.29) is 18.6 Å². The first kappa shape index (κ1) is 21.7. The van der Waals surface area contributed by atoms with Crippen molar-refractivity contribution in [2.45, 2.75) is 24.9 Å². The van der Waals surface area contributed by atoms with E-state index in [4.69, 9.17) is 15.9 Å². The van der Waals surface area contributed by atoms with Gasteiger partial charge in [-0.25, -0.2) is 4.79 Å². The van der Waals surface area contributed by atoms with Crippen LogP contribution in [0, 0.1) is 0 Å². The molecule has 0 bridgehead atoms. The normalized spacial score (nSPS) is 12.6. The first-order valence-corrected chi connectivity index (χ1v) is 7.45. The summed E-state index contributed by atoms with van der Waals surface area (Å²) in [5.74, 6) is -4.54. The summed E-state index contributed by atoms with van der Waals surface area (Å²) in [4.78, 5) is 55.4. The van der Waals surface area contributed by atoms with Crippen LogP contribution in [-0.2, 0) is 24.0 Å². The van der Waals surface area contributed by atoms with Crippen LogP contribution in [0.4, 0.5) is 0 Å². The molecule has 3 amide bonds. The Labute approximate surface area is 142 Å². The zero-order valence-electron chi connectivity index (χ0n) is 12.7. The predicted octanol–water partition coefficient (Wildman–Crippen LogP) is -3.09. The first-order chi connectivity index (χ1) is 11.2. The second-order valence-electron chi connectivity index (χ2n) is 4.68. The highest BCUT2D eigenvalue weighted by Crippen LogP contribution is 1.94. The zero-order valence-corrected chi connectivity index (χ0v) is 13.5. The number of carboxylic acid groups (broad SMARTS) is 2. The van der Waals surface area contributed by atoms with E-state index in [1.807, 2.05) is 0 Å². The summed E-state index contributed by atoms with van der Waals surface area (Å²) in [6.45, 7) is -0.875. The fraction of sp³-hybridized carbons (Fsp3) is 0.583. The van der Waals surface area contributed by atoms with Crippen LogP contribution in [0.25, 0.3) is 0 Å². The molecule has 11 nitrogen and oxygen atoms in total. The van der Waals surface area contributed by atoms with Crippen LogP contribution in [0.5, 0.6) is 0 Å². The Bertz CT molecular complexity index is 500. The minimum Gasteiger partial charge on any atom is -0.480 e. The Balaban J connectivity index is 3.97. The van der Waals surface area contributed by atoms with Crippen molar-refractivity contribution < 1.29 is 34.2 Å². The molecule has 0 aromatic rings. The lowest BCUT2D eigenvalue weighted by Crippen LogP contribution is -2.47. The zero-order chi connectivity index (χ0) is 18.7. The van der Waals surface area contributed by atoms with Crippen molar-refractivity contribution in [3.8, 4) is 0 Å². The second-order valence-corrected chi connectivity index (χ2v) is 5.04. The molecule has 0 rings (SSSR count). The number of nitrogens with one attached hydrogen (secondary N) is 3. The van der Waals surface area contributed by atoms with Crippen molar-refractivity contribution in [3.63, 3.8) is 0 Å². The molecule has 24 heavy (non-hydrogen) atoms. The maximum atomic E-state index is 11.4. The van der Waals surface area contributed by atoms with Crippen molar-refractivity contribution in [1.29, 1.82) is 0 Å². The molecule has 0 spiro atoms. The molecule has 136 valence electrons. The number of amides is 3. The number of aliphatic carboxylic acids is 2.